The van der Waals surface area contributed by atoms with Crippen LogP contribution in [-0.4, -0.2) is 19.1 Å². The number of halogens is 1. The number of nitro benzene ring substituents is 1. The summed E-state index contributed by atoms with van der Waals surface area (Å²) in [6.07, 6.45) is 0. The number of hydrogen-bond acceptors (Lipinski definition) is 4. The molecule has 0 N–H and O–H groups in total. The number of methoxy groups -OCH3 is 2. The third-order valence-electron chi connectivity index (χ3n) is 1.87. The van der Waals surface area contributed by atoms with Crippen LogP contribution in [0.4, 0.5) is 10.1 Å². The Kier molecular flexibility index (Phi) is 3.43. The Morgan fingerprint density at radius 1 is 1.40 bits per heavy atom. The van der Waals surface area contributed by atoms with Crippen molar-refractivity contribution in [2.45, 2.75) is 6.67 Å². The highest BCUT2D eigenvalue weighted by Gasteiger charge is 2.21. The Morgan fingerprint density at radius 2 is 2.07 bits per heavy atom. The molecule has 6 heteroatoms. The number of nitro groups is 1. The summed E-state index contributed by atoms with van der Waals surface area (Å²) in [5, 5.41) is 10.7. The molecule has 1 rings (SSSR count). The molecule has 0 aliphatic carbocycles. The zero-order valence-electron chi connectivity index (χ0n) is 8.32. The van der Waals surface area contributed by atoms with Crippen LogP contribution in [0.25, 0.3) is 0 Å². The van der Waals surface area contributed by atoms with Crippen LogP contribution in [-0.2, 0) is 6.67 Å². The molecule has 0 aliphatic heterocycles. The van der Waals surface area contributed by atoms with Gasteiger partial charge in [0.15, 0.2) is 5.75 Å². The predicted molar refractivity (Wildman–Crippen MR) is 51.0 cm³/mol. The van der Waals surface area contributed by atoms with Crippen LogP contribution in [0.1, 0.15) is 5.56 Å². The highest BCUT2D eigenvalue weighted by atomic mass is 19.1. The third kappa shape index (κ3) is 2.15. The predicted octanol–water partition coefficient (Wildman–Crippen LogP) is 2.08. The Balaban J connectivity index is 3.39. The molecule has 0 spiro atoms. The van der Waals surface area contributed by atoms with Crippen molar-refractivity contribution in [1.29, 1.82) is 0 Å². The molecule has 0 aromatic heterocycles. The quantitative estimate of drug-likeness (QED) is 0.569. The van der Waals surface area contributed by atoms with E-state index in [0.29, 0.717) is 0 Å². The van der Waals surface area contributed by atoms with Crippen molar-refractivity contribution in [2.75, 3.05) is 14.2 Å². The molecule has 1 aromatic carbocycles. The summed E-state index contributed by atoms with van der Waals surface area (Å²) in [4.78, 5) is 10.0. The molecule has 0 saturated heterocycles. The van der Waals surface area contributed by atoms with Gasteiger partial charge in [-0.15, -0.1) is 0 Å². The van der Waals surface area contributed by atoms with Crippen LogP contribution in [0.2, 0.25) is 0 Å². The first-order valence-corrected chi connectivity index (χ1v) is 4.09. The topological polar surface area (TPSA) is 61.6 Å². The number of benzene rings is 1. The largest absolute Gasteiger partial charge is 0.493 e. The van der Waals surface area contributed by atoms with E-state index in [9.17, 15) is 14.5 Å². The number of rotatable bonds is 4. The summed E-state index contributed by atoms with van der Waals surface area (Å²) in [5.74, 6) is 0.152. The van der Waals surface area contributed by atoms with Crippen molar-refractivity contribution in [2.24, 2.45) is 0 Å². The highest BCUT2D eigenvalue weighted by molar-refractivity contribution is 5.58. The second-order valence-electron chi connectivity index (χ2n) is 2.74. The highest BCUT2D eigenvalue weighted by Crippen LogP contribution is 2.37. The lowest BCUT2D eigenvalue weighted by molar-refractivity contribution is -0.385. The molecule has 1 aromatic rings. The molecule has 0 bridgehead atoms. The zero-order chi connectivity index (χ0) is 11.4. The average molecular weight is 215 g/mol. The maximum Gasteiger partial charge on any atom is 0.315 e. The van der Waals surface area contributed by atoms with E-state index in [0.717, 1.165) is 6.07 Å². The van der Waals surface area contributed by atoms with Crippen LogP contribution in [0, 0.1) is 10.1 Å². The lowest BCUT2D eigenvalue weighted by atomic mass is 10.2. The van der Waals surface area contributed by atoms with Crippen LogP contribution < -0.4 is 9.47 Å². The number of hydrogen-bond donors (Lipinski definition) is 0. The minimum Gasteiger partial charge on any atom is -0.493 e. The van der Waals surface area contributed by atoms with Gasteiger partial charge in [-0.1, -0.05) is 0 Å². The van der Waals surface area contributed by atoms with Gasteiger partial charge in [-0.3, -0.25) is 10.1 Å². The maximum atomic E-state index is 12.4. The Labute approximate surface area is 85.6 Å². The van der Waals surface area contributed by atoms with E-state index in [4.69, 9.17) is 9.47 Å². The summed E-state index contributed by atoms with van der Waals surface area (Å²) in [6, 6.07) is 2.49. The van der Waals surface area contributed by atoms with Crippen molar-refractivity contribution in [3.63, 3.8) is 0 Å². The van der Waals surface area contributed by atoms with E-state index in [1.165, 1.54) is 20.3 Å². The molecular weight excluding hydrogens is 205 g/mol. The van der Waals surface area contributed by atoms with Crippen LogP contribution >= 0.6 is 0 Å². The molecular formula is C9H10FNO4. The van der Waals surface area contributed by atoms with Gasteiger partial charge in [0, 0.05) is 6.07 Å². The van der Waals surface area contributed by atoms with Gasteiger partial charge in [0.25, 0.3) is 0 Å². The maximum absolute atomic E-state index is 12.4. The van der Waals surface area contributed by atoms with E-state index in [1.807, 2.05) is 0 Å². The van der Waals surface area contributed by atoms with E-state index in [2.05, 4.69) is 0 Å². The lowest BCUT2D eigenvalue weighted by Crippen LogP contribution is -1.98. The fourth-order valence-corrected chi connectivity index (χ4v) is 1.21. The molecule has 15 heavy (non-hydrogen) atoms. The SMILES string of the molecule is COc1cc(CF)cc([N+](=O)[O-])c1OC. The number of ether oxygens (including phenoxy) is 2. The monoisotopic (exact) mass is 215 g/mol. The van der Waals surface area contributed by atoms with Crippen molar-refractivity contribution < 1.29 is 18.8 Å². The van der Waals surface area contributed by atoms with Crippen molar-refractivity contribution in [1.82, 2.24) is 0 Å². The smallest absolute Gasteiger partial charge is 0.315 e. The van der Waals surface area contributed by atoms with Crippen molar-refractivity contribution in [3.8, 4) is 11.5 Å². The summed E-state index contributed by atoms with van der Waals surface area (Å²) in [5.41, 5.74) is -0.121. The Morgan fingerprint density at radius 3 is 2.47 bits per heavy atom. The molecule has 0 atom stereocenters. The van der Waals surface area contributed by atoms with Gasteiger partial charge in [0.05, 0.1) is 19.1 Å². The molecule has 0 amide bonds. The first kappa shape index (κ1) is 11.2. The van der Waals surface area contributed by atoms with Crippen LogP contribution in [0.3, 0.4) is 0 Å². The normalized spacial score (nSPS) is 9.80. The minimum atomic E-state index is -0.790. The molecule has 0 aliphatic rings. The molecule has 0 radical (unpaired) electrons. The third-order valence-corrected chi connectivity index (χ3v) is 1.87. The standard InChI is InChI=1S/C9H10FNO4/c1-14-8-4-6(5-10)3-7(11(12)13)9(8)15-2/h3-4H,5H2,1-2H3. The summed E-state index contributed by atoms with van der Waals surface area (Å²) in [6.45, 7) is -0.790. The Hall–Kier alpha value is -1.85. The van der Waals surface area contributed by atoms with E-state index >= 15 is 0 Å². The first-order valence-electron chi connectivity index (χ1n) is 4.09. The van der Waals surface area contributed by atoms with E-state index < -0.39 is 11.6 Å². The summed E-state index contributed by atoms with van der Waals surface area (Å²) >= 11 is 0. The lowest BCUT2D eigenvalue weighted by Gasteiger charge is -2.08. The van der Waals surface area contributed by atoms with Crippen molar-refractivity contribution in [3.05, 3.63) is 27.8 Å². The second-order valence-corrected chi connectivity index (χ2v) is 2.74. The number of nitrogens with zero attached hydrogens (tertiary/aromatic N) is 1. The van der Waals surface area contributed by atoms with E-state index in [1.54, 1.807) is 0 Å². The molecule has 0 unspecified atom stereocenters. The number of alkyl halides is 1. The van der Waals surface area contributed by atoms with Gasteiger partial charge in [0.2, 0.25) is 5.75 Å². The summed E-state index contributed by atoms with van der Waals surface area (Å²) in [7, 11) is 2.63. The zero-order valence-corrected chi connectivity index (χ0v) is 8.32. The second kappa shape index (κ2) is 4.59. The van der Waals surface area contributed by atoms with Crippen LogP contribution in [0.5, 0.6) is 11.5 Å². The van der Waals surface area contributed by atoms with Gasteiger partial charge in [-0.25, -0.2) is 4.39 Å². The first-order chi connectivity index (χ1) is 7.13. The van der Waals surface area contributed by atoms with Gasteiger partial charge in [-0.2, -0.15) is 0 Å². The molecule has 0 fully saturated rings. The Bertz CT molecular complexity index is 381. The van der Waals surface area contributed by atoms with Gasteiger partial charge >= 0.3 is 5.69 Å². The van der Waals surface area contributed by atoms with Gasteiger partial charge in [-0.05, 0) is 11.6 Å². The molecule has 0 saturated carbocycles. The molecule has 0 heterocycles. The van der Waals surface area contributed by atoms with Gasteiger partial charge in [0.1, 0.15) is 6.67 Å². The minimum absolute atomic E-state index is 0.000278. The van der Waals surface area contributed by atoms with E-state index in [-0.39, 0.29) is 22.7 Å². The van der Waals surface area contributed by atoms with Crippen LogP contribution in [0.15, 0.2) is 12.1 Å². The molecule has 5 nitrogen and oxygen atoms in total. The fourth-order valence-electron chi connectivity index (χ4n) is 1.21. The average Bonchev–Trinajstić information content (AvgIpc) is 2.26. The fraction of sp³-hybridized carbons (Fsp3) is 0.333. The van der Waals surface area contributed by atoms with Crippen molar-refractivity contribution >= 4 is 5.69 Å². The molecule has 82 valence electrons. The van der Waals surface area contributed by atoms with Gasteiger partial charge < -0.3 is 9.47 Å². The summed E-state index contributed by atoms with van der Waals surface area (Å²) < 4.78 is 22.1.